The molecule has 2 aliphatic heterocycles. The van der Waals surface area contributed by atoms with E-state index in [0.717, 1.165) is 5.56 Å². The second-order valence-corrected chi connectivity index (χ2v) is 12.1. The molecule has 2 aliphatic rings. The Kier molecular flexibility index (Phi) is 11.2. The average Bonchev–Trinajstić information content (AvgIpc) is 3.69. The van der Waals surface area contributed by atoms with Crippen LogP contribution in [-0.2, 0) is 33.9 Å². The molecule has 0 unspecified atom stereocenters. The molecule has 0 aliphatic carbocycles. The van der Waals surface area contributed by atoms with Gasteiger partial charge in [0.1, 0.15) is 17.8 Å². The molecule has 5 rings (SSSR count). The first kappa shape index (κ1) is 34.3. The predicted octanol–water partition coefficient (Wildman–Crippen LogP) is -0.219. The number of aliphatic hydroxyl groups is 1. The smallest absolute Gasteiger partial charge is 0.251 e. The second-order valence-electron chi connectivity index (χ2n) is 12.1. The lowest BCUT2D eigenvalue weighted by atomic mass is 10.0. The highest BCUT2D eigenvalue weighted by Crippen LogP contribution is 2.28. The van der Waals surface area contributed by atoms with E-state index in [0.29, 0.717) is 48.9 Å². The fourth-order valence-electron chi connectivity index (χ4n) is 5.82. The van der Waals surface area contributed by atoms with Crippen molar-refractivity contribution in [2.75, 3.05) is 27.3 Å². The normalized spacial score (nSPS) is 23.8. The van der Waals surface area contributed by atoms with Crippen LogP contribution in [0.5, 0.6) is 11.5 Å². The van der Waals surface area contributed by atoms with Crippen molar-refractivity contribution >= 4 is 23.6 Å². The number of nitrogens with one attached hydrogen (secondary N) is 4. The van der Waals surface area contributed by atoms with Gasteiger partial charge in [-0.1, -0.05) is 35.5 Å². The number of likely N-dealkylation sites (tertiary alicyclic amines) is 1. The zero-order valence-electron chi connectivity index (χ0n) is 27.2. The molecule has 0 saturated carbocycles. The minimum atomic E-state index is -1.34. The van der Waals surface area contributed by atoms with Crippen molar-refractivity contribution in [3.63, 3.8) is 0 Å². The van der Waals surface area contributed by atoms with Gasteiger partial charge in [0.2, 0.25) is 17.7 Å². The lowest BCUT2D eigenvalue weighted by Gasteiger charge is -2.27. The number of amides is 4. The number of rotatable bonds is 4. The van der Waals surface area contributed by atoms with Gasteiger partial charge in [0, 0.05) is 37.5 Å². The standard InChI is InChI=1S/C33H42N8O7/c1-20(42)29-33(46)36-25(14-21-8-5-4-6-9-21)31(44)34-17-24-19-41(39-38-24)12-7-13-48-28-15-22(10-11-27(28)47-3)30(43)35-23-16-26(32(45)37-29)40(2)18-23/h4-6,8-11,15,19-20,23,25-26,29,42H,7,12-14,16-18H2,1-3H3,(H,34,44)(H,35,43)(H,36,46)(H,37,45)/t20-,23+,25-,26+,29+/m1/s1. The van der Waals surface area contributed by atoms with Crippen molar-refractivity contribution in [3.8, 4) is 11.5 Å². The Labute approximate surface area is 278 Å². The SMILES string of the molecule is COc1ccc2cc1OCCCn1cc(nn1)CNC(=O)[C@@H](Cc1ccccc1)NC(=O)[C@H]([C@@H](C)O)NC(=O)[C@@H]1C[C@@H](CN1C)NC2=O. The number of hydrogen-bond acceptors (Lipinski definition) is 10. The molecule has 256 valence electrons. The van der Waals surface area contributed by atoms with Crippen molar-refractivity contribution in [1.82, 2.24) is 41.2 Å². The number of aryl methyl sites for hydroxylation is 1. The maximum Gasteiger partial charge on any atom is 0.251 e. The highest BCUT2D eigenvalue weighted by Gasteiger charge is 2.38. The molecule has 15 heteroatoms. The summed E-state index contributed by atoms with van der Waals surface area (Å²) in [5.74, 6) is -1.11. The minimum Gasteiger partial charge on any atom is -0.493 e. The van der Waals surface area contributed by atoms with Gasteiger partial charge in [0.15, 0.2) is 11.5 Å². The van der Waals surface area contributed by atoms with Crippen LogP contribution in [0.1, 0.15) is 41.4 Å². The Morgan fingerprint density at radius 3 is 2.58 bits per heavy atom. The summed E-state index contributed by atoms with van der Waals surface area (Å²) in [5, 5.41) is 30.0. The van der Waals surface area contributed by atoms with E-state index in [4.69, 9.17) is 9.47 Å². The molecule has 2 aromatic carbocycles. The zero-order chi connectivity index (χ0) is 34.2. The summed E-state index contributed by atoms with van der Waals surface area (Å²) in [6.45, 7) is 2.64. The third-order valence-corrected chi connectivity index (χ3v) is 8.41. The van der Waals surface area contributed by atoms with Crippen LogP contribution in [0.3, 0.4) is 0 Å². The number of benzene rings is 2. The maximum atomic E-state index is 13.5. The molecule has 0 radical (unpaired) electrons. The zero-order valence-corrected chi connectivity index (χ0v) is 27.2. The van der Waals surface area contributed by atoms with Gasteiger partial charge in [-0.25, -0.2) is 0 Å². The highest BCUT2D eigenvalue weighted by atomic mass is 16.5. The monoisotopic (exact) mass is 662 g/mol. The highest BCUT2D eigenvalue weighted by molar-refractivity contribution is 5.96. The van der Waals surface area contributed by atoms with Crippen LogP contribution in [0.25, 0.3) is 0 Å². The van der Waals surface area contributed by atoms with Gasteiger partial charge in [0.25, 0.3) is 5.91 Å². The molecule has 3 aromatic rings. The molecule has 1 fully saturated rings. The maximum absolute atomic E-state index is 13.5. The summed E-state index contributed by atoms with van der Waals surface area (Å²) < 4.78 is 13.0. The molecule has 15 nitrogen and oxygen atoms in total. The molecule has 0 spiro atoms. The molecular formula is C33H42N8O7. The minimum absolute atomic E-state index is 0.0638. The summed E-state index contributed by atoms with van der Waals surface area (Å²) in [4.78, 5) is 55.4. The number of likely N-dealkylation sites (N-methyl/N-ethyl adjacent to an activating group) is 1. The lowest BCUT2D eigenvalue weighted by molar-refractivity contribution is -0.135. The fourth-order valence-corrected chi connectivity index (χ4v) is 5.82. The second kappa shape index (κ2) is 15.7. The van der Waals surface area contributed by atoms with E-state index >= 15 is 0 Å². The number of fused-ring (bicyclic) bond motifs is 6. The summed E-state index contributed by atoms with van der Waals surface area (Å²) in [6.07, 6.45) is 1.47. The number of carbonyl (C=O) groups excluding carboxylic acids is 4. The molecule has 6 bridgehead atoms. The van der Waals surface area contributed by atoms with Crippen LogP contribution in [0.15, 0.2) is 54.7 Å². The van der Waals surface area contributed by atoms with E-state index in [2.05, 4.69) is 31.6 Å². The molecule has 4 amide bonds. The van der Waals surface area contributed by atoms with E-state index in [-0.39, 0.29) is 31.3 Å². The molecule has 5 N–H and O–H groups in total. The largest absolute Gasteiger partial charge is 0.493 e. The molecule has 5 atom stereocenters. The van der Waals surface area contributed by atoms with E-state index < -0.39 is 42.0 Å². The van der Waals surface area contributed by atoms with Crippen molar-refractivity contribution in [3.05, 3.63) is 71.5 Å². The predicted molar refractivity (Wildman–Crippen MR) is 173 cm³/mol. The van der Waals surface area contributed by atoms with E-state index in [9.17, 15) is 24.3 Å². The Balaban J connectivity index is 1.39. The van der Waals surface area contributed by atoms with Gasteiger partial charge in [-0.3, -0.25) is 28.8 Å². The topological polar surface area (TPSA) is 189 Å². The number of carbonyl (C=O) groups is 4. The van der Waals surface area contributed by atoms with Crippen molar-refractivity contribution < 1.29 is 33.8 Å². The number of aliphatic hydroxyl groups excluding tert-OH is 1. The summed E-state index contributed by atoms with van der Waals surface area (Å²) >= 11 is 0. The first-order valence-corrected chi connectivity index (χ1v) is 15.9. The van der Waals surface area contributed by atoms with Crippen LogP contribution < -0.4 is 30.7 Å². The van der Waals surface area contributed by atoms with Gasteiger partial charge in [-0.2, -0.15) is 0 Å². The molecule has 48 heavy (non-hydrogen) atoms. The Morgan fingerprint density at radius 2 is 1.83 bits per heavy atom. The number of methoxy groups -OCH3 is 1. The van der Waals surface area contributed by atoms with Gasteiger partial charge in [-0.15, -0.1) is 5.10 Å². The van der Waals surface area contributed by atoms with Gasteiger partial charge >= 0.3 is 0 Å². The number of nitrogens with zero attached hydrogens (tertiary/aromatic N) is 4. The van der Waals surface area contributed by atoms with Crippen LogP contribution in [0, 0.1) is 0 Å². The van der Waals surface area contributed by atoms with Crippen LogP contribution in [-0.4, -0.2) is 106 Å². The van der Waals surface area contributed by atoms with Crippen molar-refractivity contribution in [2.24, 2.45) is 0 Å². The number of aromatic nitrogens is 3. The quantitative estimate of drug-likeness (QED) is 0.250. The summed E-state index contributed by atoms with van der Waals surface area (Å²) in [6, 6.07) is 10.7. The van der Waals surface area contributed by atoms with Gasteiger partial charge in [0.05, 0.1) is 38.6 Å². The first-order valence-electron chi connectivity index (χ1n) is 15.9. The Morgan fingerprint density at radius 1 is 1.04 bits per heavy atom. The summed E-state index contributed by atoms with van der Waals surface area (Å²) in [7, 11) is 3.27. The van der Waals surface area contributed by atoms with E-state index in [1.54, 1.807) is 41.0 Å². The van der Waals surface area contributed by atoms with Crippen LogP contribution >= 0.6 is 0 Å². The third kappa shape index (κ3) is 8.66. The number of ether oxygens (including phenoxy) is 2. The van der Waals surface area contributed by atoms with Crippen LogP contribution in [0.2, 0.25) is 0 Å². The van der Waals surface area contributed by atoms with Gasteiger partial charge < -0.3 is 35.8 Å². The van der Waals surface area contributed by atoms with Crippen LogP contribution in [0.4, 0.5) is 0 Å². The average molecular weight is 663 g/mol. The molecule has 1 aromatic heterocycles. The Hall–Kier alpha value is -5.02. The number of hydrogen-bond donors (Lipinski definition) is 5. The van der Waals surface area contributed by atoms with Crippen molar-refractivity contribution in [1.29, 1.82) is 0 Å². The van der Waals surface area contributed by atoms with Gasteiger partial charge in [-0.05, 0) is 44.2 Å². The van der Waals surface area contributed by atoms with E-state index in [1.807, 2.05) is 30.3 Å². The summed E-state index contributed by atoms with van der Waals surface area (Å²) in [5.41, 5.74) is 1.69. The molecule has 3 heterocycles. The first-order chi connectivity index (χ1) is 23.1. The molecule has 1 saturated heterocycles. The lowest BCUT2D eigenvalue weighted by Crippen LogP contribution is -2.59. The van der Waals surface area contributed by atoms with E-state index in [1.165, 1.54) is 14.0 Å². The third-order valence-electron chi connectivity index (χ3n) is 8.41. The van der Waals surface area contributed by atoms with Crippen molar-refractivity contribution in [2.45, 2.75) is 69.5 Å². The fraction of sp³-hybridized carbons (Fsp3) is 0.455. The molecular weight excluding hydrogens is 620 g/mol. The Bertz CT molecular complexity index is 1600.